The van der Waals surface area contributed by atoms with E-state index in [-0.39, 0.29) is 18.2 Å². The molecule has 1 aromatic rings. The number of benzene rings is 1. The van der Waals surface area contributed by atoms with Gasteiger partial charge in [0.2, 0.25) is 10.0 Å². The Bertz CT molecular complexity index is 587. The first-order valence-corrected chi connectivity index (χ1v) is 7.94. The fourth-order valence-electron chi connectivity index (χ4n) is 3.00. The lowest BCUT2D eigenvalue weighted by Crippen LogP contribution is -2.68. The molecule has 2 aliphatic rings. The Morgan fingerprint density at radius 2 is 2.11 bits per heavy atom. The minimum absolute atomic E-state index is 0.0613. The van der Waals surface area contributed by atoms with Crippen LogP contribution in [-0.2, 0) is 14.8 Å². The van der Waals surface area contributed by atoms with E-state index in [0.29, 0.717) is 17.4 Å². The molecule has 1 aromatic carbocycles. The molecule has 0 bridgehead atoms. The van der Waals surface area contributed by atoms with E-state index in [1.54, 1.807) is 25.1 Å². The van der Waals surface area contributed by atoms with Crippen molar-refractivity contribution in [3.05, 3.63) is 29.8 Å². The summed E-state index contributed by atoms with van der Waals surface area (Å²) in [5.74, 6) is 0.296. The predicted octanol–water partition coefficient (Wildman–Crippen LogP) is 0.388. The highest BCUT2D eigenvalue weighted by molar-refractivity contribution is 7.89. The van der Waals surface area contributed by atoms with Gasteiger partial charge in [0.25, 0.3) is 0 Å². The predicted molar refractivity (Wildman–Crippen MR) is 71.1 cm³/mol. The van der Waals surface area contributed by atoms with Crippen molar-refractivity contribution in [3.8, 4) is 0 Å². The average molecular weight is 282 g/mol. The summed E-state index contributed by atoms with van der Waals surface area (Å²) in [6.07, 6.45) is 0.864. The summed E-state index contributed by atoms with van der Waals surface area (Å²) in [5, 5.41) is 0. The number of rotatable bonds is 3. The highest BCUT2D eigenvalue weighted by Gasteiger charge is 2.53. The van der Waals surface area contributed by atoms with Crippen molar-refractivity contribution in [1.29, 1.82) is 0 Å². The maximum Gasteiger partial charge on any atom is 0.241 e. The van der Waals surface area contributed by atoms with Gasteiger partial charge < -0.3 is 10.5 Å². The minimum Gasteiger partial charge on any atom is -0.376 e. The zero-order valence-electron chi connectivity index (χ0n) is 10.7. The van der Waals surface area contributed by atoms with Gasteiger partial charge in [-0.25, -0.2) is 13.1 Å². The molecule has 1 aliphatic heterocycles. The number of sulfonamides is 1. The summed E-state index contributed by atoms with van der Waals surface area (Å²) in [5.41, 5.74) is 6.75. The lowest BCUT2D eigenvalue weighted by Gasteiger charge is -2.45. The number of aryl methyl sites for hydroxylation is 1. The number of hydrogen-bond donors (Lipinski definition) is 2. The van der Waals surface area contributed by atoms with Crippen LogP contribution >= 0.6 is 0 Å². The number of nitrogens with one attached hydrogen (secondary N) is 1. The second-order valence-corrected chi connectivity index (χ2v) is 6.96. The third kappa shape index (κ3) is 2.08. The van der Waals surface area contributed by atoms with E-state index in [1.807, 2.05) is 6.07 Å². The van der Waals surface area contributed by atoms with Gasteiger partial charge in [-0.15, -0.1) is 0 Å². The molecule has 1 aliphatic carbocycles. The Morgan fingerprint density at radius 3 is 2.84 bits per heavy atom. The highest BCUT2D eigenvalue weighted by Crippen LogP contribution is 2.38. The minimum atomic E-state index is -3.53. The first kappa shape index (κ1) is 13.1. The summed E-state index contributed by atoms with van der Waals surface area (Å²) in [6.45, 7) is 2.45. The van der Waals surface area contributed by atoms with Gasteiger partial charge in [-0.1, -0.05) is 18.2 Å². The van der Waals surface area contributed by atoms with Crippen LogP contribution in [0.25, 0.3) is 0 Å². The molecule has 6 heteroatoms. The molecule has 0 aromatic heterocycles. The Balaban J connectivity index is 1.81. The van der Waals surface area contributed by atoms with E-state index in [2.05, 4.69) is 4.72 Å². The molecule has 5 nitrogen and oxygen atoms in total. The van der Waals surface area contributed by atoms with Crippen LogP contribution in [-0.4, -0.2) is 33.2 Å². The summed E-state index contributed by atoms with van der Waals surface area (Å²) in [6, 6.07) is 6.47. The quantitative estimate of drug-likeness (QED) is 0.840. The molecule has 104 valence electrons. The van der Waals surface area contributed by atoms with Crippen molar-refractivity contribution in [3.63, 3.8) is 0 Å². The third-order valence-electron chi connectivity index (χ3n) is 4.12. The SMILES string of the molecule is Cc1ccccc1S(=O)(=O)NC1C(N)C2CCOC21. The molecule has 1 saturated carbocycles. The zero-order valence-corrected chi connectivity index (χ0v) is 11.6. The summed E-state index contributed by atoms with van der Waals surface area (Å²) < 4.78 is 33.0. The molecule has 2 fully saturated rings. The lowest BCUT2D eigenvalue weighted by atomic mass is 9.73. The molecule has 0 radical (unpaired) electrons. The van der Waals surface area contributed by atoms with Crippen LogP contribution in [0.5, 0.6) is 0 Å². The van der Waals surface area contributed by atoms with Gasteiger partial charge in [0, 0.05) is 18.6 Å². The van der Waals surface area contributed by atoms with Crippen molar-refractivity contribution < 1.29 is 13.2 Å². The summed E-state index contributed by atoms with van der Waals surface area (Å²) in [4.78, 5) is 0.309. The lowest BCUT2D eigenvalue weighted by molar-refractivity contribution is -0.00924. The molecule has 3 N–H and O–H groups in total. The summed E-state index contributed by atoms with van der Waals surface area (Å²) in [7, 11) is -3.53. The van der Waals surface area contributed by atoms with E-state index in [1.165, 1.54) is 0 Å². The van der Waals surface area contributed by atoms with Gasteiger partial charge in [0.05, 0.1) is 17.0 Å². The normalized spacial score (nSPS) is 33.8. The first-order chi connectivity index (χ1) is 9.00. The van der Waals surface area contributed by atoms with Crippen molar-refractivity contribution in [2.24, 2.45) is 11.7 Å². The Labute approximate surface area is 113 Å². The standard InChI is InChI=1S/C13H18N2O3S/c1-8-4-2-3-5-10(8)19(16,17)15-12-11(14)9-6-7-18-13(9)12/h2-5,9,11-13,15H,6-7,14H2,1H3. The van der Waals surface area contributed by atoms with Crippen molar-refractivity contribution in [2.45, 2.75) is 36.4 Å². The van der Waals surface area contributed by atoms with Crippen LogP contribution < -0.4 is 10.5 Å². The number of fused-ring (bicyclic) bond motifs is 1. The maximum atomic E-state index is 12.4. The van der Waals surface area contributed by atoms with E-state index >= 15 is 0 Å². The summed E-state index contributed by atoms with van der Waals surface area (Å²) >= 11 is 0. The van der Waals surface area contributed by atoms with Gasteiger partial charge in [0.1, 0.15) is 0 Å². The molecular formula is C13H18N2O3S. The van der Waals surface area contributed by atoms with E-state index in [9.17, 15) is 8.42 Å². The van der Waals surface area contributed by atoms with Crippen molar-refractivity contribution >= 4 is 10.0 Å². The van der Waals surface area contributed by atoms with Crippen LogP contribution in [0, 0.1) is 12.8 Å². The topological polar surface area (TPSA) is 81.4 Å². The number of hydrogen-bond acceptors (Lipinski definition) is 4. The van der Waals surface area contributed by atoms with E-state index < -0.39 is 10.0 Å². The molecule has 19 heavy (non-hydrogen) atoms. The Kier molecular flexibility index (Phi) is 3.13. The fourth-order valence-corrected chi connectivity index (χ4v) is 4.52. The van der Waals surface area contributed by atoms with Crippen LogP contribution in [0.2, 0.25) is 0 Å². The van der Waals surface area contributed by atoms with Crippen molar-refractivity contribution in [2.75, 3.05) is 6.61 Å². The van der Waals surface area contributed by atoms with Crippen LogP contribution in [0.15, 0.2) is 29.2 Å². The van der Waals surface area contributed by atoms with E-state index in [4.69, 9.17) is 10.5 Å². The van der Waals surface area contributed by atoms with Gasteiger partial charge in [-0.05, 0) is 25.0 Å². The molecule has 1 saturated heterocycles. The average Bonchev–Trinajstić information content (AvgIpc) is 2.81. The largest absolute Gasteiger partial charge is 0.376 e. The second kappa shape index (κ2) is 4.56. The Hall–Kier alpha value is -0.950. The molecule has 4 unspecified atom stereocenters. The van der Waals surface area contributed by atoms with Gasteiger partial charge in [-0.3, -0.25) is 0 Å². The zero-order chi connectivity index (χ0) is 13.6. The Morgan fingerprint density at radius 1 is 1.37 bits per heavy atom. The van der Waals surface area contributed by atoms with E-state index in [0.717, 1.165) is 12.0 Å². The monoisotopic (exact) mass is 282 g/mol. The molecule has 0 spiro atoms. The van der Waals surface area contributed by atoms with Gasteiger partial charge >= 0.3 is 0 Å². The third-order valence-corrected chi connectivity index (χ3v) is 5.74. The highest BCUT2D eigenvalue weighted by atomic mass is 32.2. The van der Waals surface area contributed by atoms with Crippen LogP contribution in [0.1, 0.15) is 12.0 Å². The first-order valence-electron chi connectivity index (χ1n) is 6.46. The van der Waals surface area contributed by atoms with Crippen LogP contribution in [0.3, 0.4) is 0 Å². The molecule has 1 heterocycles. The molecular weight excluding hydrogens is 264 g/mol. The van der Waals surface area contributed by atoms with Crippen LogP contribution in [0.4, 0.5) is 0 Å². The molecule has 0 amide bonds. The van der Waals surface area contributed by atoms with Gasteiger partial charge in [-0.2, -0.15) is 0 Å². The number of ether oxygens (including phenoxy) is 1. The van der Waals surface area contributed by atoms with Crippen molar-refractivity contribution in [1.82, 2.24) is 4.72 Å². The maximum absolute atomic E-state index is 12.4. The fraction of sp³-hybridized carbons (Fsp3) is 0.538. The smallest absolute Gasteiger partial charge is 0.241 e. The number of nitrogens with two attached hydrogens (primary N) is 1. The molecule has 4 atom stereocenters. The second-order valence-electron chi connectivity index (χ2n) is 5.28. The van der Waals surface area contributed by atoms with Gasteiger partial charge in [0.15, 0.2) is 0 Å². The molecule has 3 rings (SSSR count).